The molecule has 0 aliphatic carbocycles. The standard InChI is InChI=1S/C9H20N4O3/c10-7(8(15)16)3-1-4-12-9(11)13-5-2-6-14/h7,14H,1-6,10H2,(H,15,16)(H3,11,12,13)/t7-/m0/s1. The minimum Gasteiger partial charge on any atom is -0.480 e. The van der Waals surface area contributed by atoms with Crippen molar-refractivity contribution in [2.75, 3.05) is 19.7 Å². The Balaban J connectivity index is 3.50. The summed E-state index contributed by atoms with van der Waals surface area (Å²) in [6.45, 7) is 1.10. The summed E-state index contributed by atoms with van der Waals surface area (Å²) in [5, 5.41) is 19.9. The van der Waals surface area contributed by atoms with Crippen molar-refractivity contribution in [3.63, 3.8) is 0 Å². The number of aliphatic carboxylic acids is 1. The summed E-state index contributed by atoms with van der Waals surface area (Å²) in [5.41, 5.74) is 10.8. The van der Waals surface area contributed by atoms with Crippen LogP contribution < -0.4 is 16.8 Å². The molecule has 0 spiro atoms. The van der Waals surface area contributed by atoms with Crippen molar-refractivity contribution in [3.8, 4) is 0 Å². The van der Waals surface area contributed by atoms with Crippen molar-refractivity contribution in [3.05, 3.63) is 0 Å². The van der Waals surface area contributed by atoms with E-state index in [1.54, 1.807) is 0 Å². The lowest BCUT2D eigenvalue weighted by molar-refractivity contribution is -0.138. The molecule has 0 saturated carbocycles. The molecule has 0 unspecified atom stereocenters. The lowest BCUT2D eigenvalue weighted by Gasteiger charge is -2.07. The van der Waals surface area contributed by atoms with Gasteiger partial charge in [-0.1, -0.05) is 0 Å². The van der Waals surface area contributed by atoms with Gasteiger partial charge in [0.05, 0.1) is 0 Å². The Morgan fingerprint density at radius 1 is 1.44 bits per heavy atom. The molecule has 7 heteroatoms. The van der Waals surface area contributed by atoms with Crippen LogP contribution in [0.4, 0.5) is 0 Å². The molecule has 0 radical (unpaired) electrons. The van der Waals surface area contributed by atoms with Crippen molar-refractivity contribution in [2.24, 2.45) is 16.5 Å². The number of nitrogens with two attached hydrogens (primary N) is 2. The lowest BCUT2D eigenvalue weighted by atomic mass is 10.2. The number of aliphatic imine (C=N–C) groups is 1. The second kappa shape index (κ2) is 8.93. The zero-order valence-corrected chi connectivity index (χ0v) is 9.22. The third-order valence-corrected chi connectivity index (χ3v) is 1.91. The lowest BCUT2D eigenvalue weighted by Crippen LogP contribution is -2.35. The van der Waals surface area contributed by atoms with Crippen molar-refractivity contribution in [2.45, 2.75) is 25.3 Å². The monoisotopic (exact) mass is 232 g/mol. The normalized spacial score (nSPS) is 13.5. The van der Waals surface area contributed by atoms with Gasteiger partial charge in [-0.15, -0.1) is 0 Å². The highest BCUT2D eigenvalue weighted by Crippen LogP contribution is 1.92. The highest BCUT2D eigenvalue weighted by Gasteiger charge is 2.09. The number of hydrogen-bond donors (Lipinski definition) is 5. The summed E-state index contributed by atoms with van der Waals surface area (Å²) < 4.78 is 0. The second-order valence-corrected chi connectivity index (χ2v) is 3.36. The van der Waals surface area contributed by atoms with Gasteiger partial charge >= 0.3 is 5.97 Å². The van der Waals surface area contributed by atoms with E-state index in [0.717, 1.165) is 0 Å². The van der Waals surface area contributed by atoms with E-state index in [2.05, 4.69) is 10.3 Å². The van der Waals surface area contributed by atoms with Crippen LogP contribution in [0.25, 0.3) is 0 Å². The van der Waals surface area contributed by atoms with Crippen LogP contribution in [0.3, 0.4) is 0 Å². The van der Waals surface area contributed by atoms with Gasteiger partial charge in [-0.2, -0.15) is 0 Å². The molecule has 0 aromatic carbocycles. The highest BCUT2D eigenvalue weighted by molar-refractivity contribution is 5.77. The molecule has 0 fully saturated rings. The molecule has 0 bridgehead atoms. The smallest absolute Gasteiger partial charge is 0.320 e. The van der Waals surface area contributed by atoms with Crippen LogP contribution in [-0.2, 0) is 4.79 Å². The van der Waals surface area contributed by atoms with E-state index in [4.69, 9.17) is 21.7 Å². The number of rotatable bonds is 8. The first kappa shape index (κ1) is 14.7. The molecule has 16 heavy (non-hydrogen) atoms. The SMILES string of the molecule is NC(=NCCCO)NCCC[C@H](N)C(=O)O. The number of hydrogen-bond acceptors (Lipinski definition) is 4. The van der Waals surface area contributed by atoms with E-state index in [9.17, 15) is 4.79 Å². The Hall–Kier alpha value is -1.34. The zero-order chi connectivity index (χ0) is 12.4. The number of aliphatic hydroxyl groups excluding tert-OH is 1. The first-order valence-electron chi connectivity index (χ1n) is 5.21. The van der Waals surface area contributed by atoms with Gasteiger partial charge in [0, 0.05) is 19.7 Å². The van der Waals surface area contributed by atoms with E-state index in [0.29, 0.717) is 38.3 Å². The Labute approximate surface area is 94.5 Å². The van der Waals surface area contributed by atoms with Gasteiger partial charge in [0.2, 0.25) is 0 Å². The summed E-state index contributed by atoms with van der Waals surface area (Å²) >= 11 is 0. The number of carbonyl (C=O) groups is 1. The fourth-order valence-electron chi connectivity index (χ4n) is 0.988. The third-order valence-electron chi connectivity index (χ3n) is 1.91. The maximum atomic E-state index is 10.4. The Bertz CT molecular complexity index is 233. The van der Waals surface area contributed by atoms with E-state index in [1.165, 1.54) is 0 Å². The van der Waals surface area contributed by atoms with E-state index in [1.807, 2.05) is 0 Å². The summed E-state index contributed by atoms with van der Waals surface area (Å²) in [5.74, 6) is -0.693. The molecule has 0 aliphatic rings. The first-order valence-corrected chi connectivity index (χ1v) is 5.21. The van der Waals surface area contributed by atoms with Gasteiger partial charge in [-0.05, 0) is 19.3 Å². The molecule has 0 aliphatic heterocycles. The molecule has 0 heterocycles. The molecule has 7 N–H and O–H groups in total. The van der Waals surface area contributed by atoms with Gasteiger partial charge in [-0.25, -0.2) is 0 Å². The summed E-state index contributed by atoms with van der Waals surface area (Å²) in [7, 11) is 0. The number of carboxylic acid groups (broad SMARTS) is 1. The predicted molar refractivity (Wildman–Crippen MR) is 61.0 cm³/mol. The quantitative estimate of drug-likeness (QED) is 0.196. The average Bonchev–Trinajstić information content (AvgIpc) is 2.24. The molecule has 0 saturated heterocycles. The fourth-order valence-corrected chi connectivity index (χ4v) is 0.988. The minimum absolute atomic E-state index is 0.0875. The molecule has 7 nitrogen and oxygen atoms in total. The van der Waals surface area contributed by atoms with E-state index >= 15 is 0 Å². The van der Waals surface area contributed by atoms with Crippen molar-refractivity contribution in [1.29, 1.82) is 0 Å². The van der Waals surface area contributed by atoms with Crippen LogP contribution in [0.5, 0.6) is 0 Å². The van der Waals surface area contributed by atoms with Crippen LogP contribution in [0.2, 0.25) is 0 Å². The number of nitrogens with one attached hydrogen (secondary N) is 1. The van der Waals surface area contributed by atoms with Crippen LogP contribution >= 0.6 is 0 Å². The van der Waals surface area contributed by atoms with Crippen molar-refractivity contribution < 1.29 is 15.0 Å². The fraction of sp³-hybridized carbons (Fsp3) is 0.778. The maximum Gasteiger partial charge on any atom is 0.320 e. The Morgan fingerprint density at radius 3 is 2.69 bits per heavy atom. The number of nitrogens with zero attached hydrogens (tertiary/aromatic N) is 1. The number of guanidine groups is 1. The first-order chi connectivity index (χ1) is 7.57. The largest absolute Gasteiger partial charge is 0.480 e. The highest BCUT2D eigenvalue weighted by atomic mass is 16.4. The molecule has 0 amide bonds. The summed E-state index contributed by atoms with van der Waals surface area (Å²) in [6, 6.07) is -0.825. The van der Waals surface area contributed by atoms with Crippen molar-refractivity contribution >= 4 is 11.9 Å². The second-order valence-electron chi connectivity index (χ2n) is 3.36. The topological polar surface area (TPSA) is 134 Å². The summed E-state index contributed by atoms with van der Waals surface area (Å²) in [6.07, 6.45) is 1.59. The molecular formula is C9H20N4O3. The van der Waals surface area contributed by atoms with Crippen LogP contribution in [-0.4, -0.2) is 47.9 Å². The number of aliphatic hydroxyl groups is 1. The van der Waals surface area contributed by atoms with E-state index < -0.39 is 12.0 Å². The van der Waals surface area contributed by atoms with Crippen molar-refractivity contribution in [1.82, 2.24) is 5.32 Å². The van der Waals surface area contributed by atoms with Gasteiger partial charge in [0.15, 0.2) is 5.96 Å². The number of carboxylic acids is 1. The molecule has 0 rings (SSSR count). The van der Waals surface area contributed by atoms with Gasteiger partial charge in [0.1, 0.15) is 6.04 Å². The van der Waals surface area contributed by atoms with Crippen LogP contribution in [0.15, 0.2) is 4.99 Å². The molecule has 94 valence electrons. The Morgan fingerprint density at radius 2 is 2.12 bits per heavy atom. The van der Waals surface area contributed by atoms with Crippen LogP contribution in [0, 0.1) is 0 Å². The predicted octanol–water partition coefficient (Wildman–Crippen LogP) is -1.53. The molecular weight excluding hydrogens is 212 g/mol. The van der Waals surface area contributed by atoms with Gasteiger partial charge < -0.3 is 27.0 Å². The molecule has 1 atom stereocenters. The zero-order valence-electron chi connectivity index (χ0n) is 9.22. The maximum absolute atomic E-state index is 10.4. The minimum atomic E-state index is -0.996. The van der Waals surface area contributed by atoms with Gasteiger partial charge in [-0.3, -0.25) is 9.79 Å². The van der Waals surface area contributed by atoms with Crippen LogP contribution in [0.1, 0.15) is 19.3 Å². The Kier molecular flexibility index (Phi) is 8.18. The third kappa shape index (κ3) is 8.01. The molecule has 0 aromatic rings. The molecule has 0 aromatic heterocycles. The average molecular weight is 232 g/mol. The van der Waals surface area contributed by atoms with E-state index in [-0.39, 0.29) is 6.61 Å². The van der Waals surface area contributed by atoms with Gasteiger partial charge in [0.25, 0.3) is 0 Å². The summed E-state index contributed by atoms with van der Waals surface area (Å²) in [4.78, 5) is 14.3.